The van der Waals surface area contributed by atoms with Gasteiger partial charge in [-0.05, 0) is 5.56 Å². The van der Waals surface area contributed by atoms with Gasteiger partial charge in [0, 0.05) is 5.56 Å². The van der Waals surface area contributed by atoms with E-state index < -0.39 is 18.4 Å². The van der Waals surface area contributed by atoms with Gasteiger partial charge >= 0.3 is 5.97 Å². The van der Waals surface area contributed by atoms with Gasteiger partial charge in [-0.1, -0.05) is 24.3 Å². The van der Waals surface area contributed by atoms with E-state index in [1.807, 2.05) is 0 Å². The van der Waals surface area contributed by atoms with E-state index in [0.29, 0.717) is 5.56 Å². The van der Waals surface area contributed by atoms with Crippen LogP contribution in [-0.2, 0) is 4.79 Å². The zero-order valence-electron chi connectivity index (χ0n) is 7.15. The number of rotatable bonds is 3. The molecule has 0 spiro atoms. The van der Waals surface area contributed by atoms with E-state index in [9.17, 15) is 13.6 Å². The van der Waals surface area contributed by atoms with Gasteiger partial charge in [0.25, 0.3) is 6.43 Å². The number of nitrogens with two attached hydrogens (primary N) is 1. The Kier molecular flexibility index (Phi) is 3.14. The molecule has 0 bridgehead atoms. The molecule has 3 N–H and O–H groups in total. The third kappa shape index (κ3) is 2.26. The summed E-state index contributed by atoms with van der Waals surface area (Å²) in [7, 11) is 0. The Morgan fingerprint density at radius 2 is 1.64 bits per heavy atom. The molecule has 0 aliphatic rings. The van der Waals surface area contributed by atoms with Gasteiger partial charge in [0.05, 0.1) is 0 Å². The normalized spacial score (nSPS) is 12.9. The monoisotopic (exact) mass is 201 g/mol. The number of carbonyl (C=O) groups is 1. The Balaban J connectivity index is 2.88. The predicted octanol–water partition coefficient (Wildman–Crippen LogP) is 1.71. The van der Waals surface area contributed by atoms with Crippen LogP contribution in [0.5, 0.6) is 0 Å². The Morgan fingerprint density at radius 3 is 2.00 bits per heavy atom. The lowest BCUT2D eigenvalue weighted by Crippen LogP contribution is -2.20. The number of alkyl halides is 2. The number of halogens is 2. The first kappa shape index (κ1) is 10.6. The van der Waals surface area contributed by atoms with E-state index in [2.05, 4.69) is 0 Å². The average Bonchev–Trinajstić information content (AvgIpc) is 2.16. The molecular formula is C9H9F2NO2. The van der Waals surface area contributed by atoms with E-state index >= 15 is 0 Å². The molecule has 5 heteroatoms. The highest BCUT2D eigenvalue weighted by Gasteiger charge is 2.14. The van der Waals surface area contributed by atoms with Crippen LogP contribution in [0.2, 0.25) is 0 Å². The number of carboxylic acid groups (broad SMARTS) is 1. The third-order valence-electron chi connectivity index (χ3n) is 1.81. The maximum absolute atomic E-state index is 12.1. The smallest absolute Gasteiger partial charge is 0.325 e. The fourth-order valence-corrected chi connectivity index (χ4v) is 0.991. The summed E-state index contributed by atoms with van der Waals surface area (Å²) in [6.45, 7) is 0. The van der Waals surface area contributed by atoms with Crippen molar-refractivity contribution in [2.45, 2.75) is 12.5 Å². The minimum Gasteiger partial charge on any atom is -0.480 e. The van der Waals surface area contributed by atoms with Crippen LogP contribution in [0.3, 0.4) is 0 Å². The van der Waals surface area contributed by atoms with Crippen molar-refractivity contribution in [3.05, 3.63) is 35.4 Å². The zero-order valence-corrected chi connectivity index (χ0v) is 7.15. The summed E-state index contributed by atoms with van der Waals surface area (Å²) in [5.74, 6) is -1.19. The quantitative estimate of drug-likeness (QED) is 0.782. The summed E-state index contributed by atoms with van der Waals surface area (Å²) in [5.41, 5.74) is 5.44. The van der Waals surface area contributed by atoms with Crippen LogP contribution in [0, 0.1) is 0 Å². The summed E-state index contributed by atoms with van der Waals surface area (Å²) in [5, 5.41) is 8.54. The van der Waals surface area contributed by atoms with E-state index in [4.69, 9.17) is 10.8 Å². The maximum Gasteiger partial charge on any atom is 0.325 e. The predicted molar refractivity (Wildman–Crippen MR) is 46.0 cm³/mol. The van der Waals surface area contributed by atoms with Crippen molar-refractivity contribution >= 4 is 5.97 Å². The van der Waals surface area contributed by atoms with Gasteiger partial charge in [-0.25, -0.2) is 8.78 Å². The van der Waals surface area contributed by atoms with Crippen LogP contribution >= 0.6 is 0 Å². The lowest BCUT2D eigenvalue weighted by atomic mass is 10.1. The topological polar surface area (TPSA) is 63.3 Å². The minimum atomic E-state index is -2.55. The number of hydrogen-bond acceptors (Lipinski definition) is 2. The van der Waals surface area contributed by atoms with Gasteiger partial charge < -0.3 is 10.8 Å². The molecule has 0 heterocycles. The first-order chi connectivity index (χ1) is 6.52. The third-order valence-corrected chi connectivity index (χ3v) is 1.81. The van der Waals surface area contributed by atoms with Crippen molar-refractivity contribution in [3.63, 3.8) is 0 Å². The molecule has 14 heavy (non-hydrogen) atoms. The van der Waals surface area contributed by atoms with Crippen molar-refractivity contribution in [2.24, 2.45) is 5.73 Å². The fraction of sp³-hybridized carbons (Fsp3) is 0.222. The maximum atomic E-state index is 12.1. The second-order valence-electron chi connectivity index (χ2n) is 2.78. The van der Waals surface area contributed by atoms with Crippen molar-refractivity contribution in [3.8, 4) is 0 Å². The molecule has 3 nitrogen and oxygen atoms in total. The Hall–Kier alpha value is -1.49. The highest BCUT2D eigenvalue weighted by Crippen LogP contribution is 2.20. The SMILES string of the molecule is NC(C(=O)O)c1ccc(C(F)F)cc1. The van der Waals surface area contributed by atoms with Gasteiger partial charge in [-0.15, -0.1) is 0 Å². The largest absolute Gasteiger partial charge is 0.480 e. The van der Waals surface area contributed by atoms with Crippen LogP contribution in [0.25, 0.3) is 0 Å². The Morgan fingerprint density at radius 1 is 1.21 bits per heavy atom. The van der Waals surface area contributed by atoms with Crippen molar-refractivity contribution in [1.82, 2.24) is 0 Å². The van der Waals surface area contributed by atoms with Gasteiger partial charge in [-0.3, -0.25) is 4.79 Å². The molecule has 1 atom stereocenters. The molecule has 1 unspecified atom stereocenters. The summed E-state index contributed by atoms with van der Waals surface area (Å²) in [6, 6.07) is 3.76. The van der Waals surface area contributed by atoms with Crippen LogP contribution < -0.4 is 5.73 Å². The van der Waals surface area contributed by atoms with Crippen LogP contribution in [0.15, 0.2) is 24.3 Å². The summed E-state index contributed by atoms with van der Waals surface area (Å²) in [4.78, 5) is 10.4. The molecule has 1 aromatic carbocycles. The standard InChI is InChI=1S/C9H9F2NO2/c10-8(11)6-3-1-5(2-4-6)7(12)9(13)14/h1-4,7-8H,12H2,(H,13,14). The van der Waals surface area contributed by atoms with Crippen LogP contribution in [0.1, 0.15) is 23.6 Å². The number of aliphatic carboxylic acids is 1. The van der Waals surface area contributed by atoms with Crippen molar-refractivity contribution in [2.75, 3.05) is 0 Å². The molecule has 0 aliphatic carbocycles. The lowest BCUT2D eigenvalue weighted by molar-refractivity contribution is -0.138. The van der Waals surface area contributed by atoms with Gasteiger partial charge in [0.2, 0.25) is 0 Å². The molecule has 0 radical (unpaired) electrons. The molecule has 0 amide bonds. The van der Waals surface area contributed by atoms with Crippen molar-refractivity contribution < 1.29 is 18.7 Å². The summed E-state index contributed by atoms with van der Waals surface area (Å²) in [6.07, 6.45) is -2.55. The van der Waals surface area contributed by atoms with E-state index in [0.717, 1.165) is 0 Å². The molecule has 0 saturated carbocycles. The molecule has 0 saturated heterocycles. The molecule has 0 aromatic heterocycles. The second kappa shape index (κ2) is 4.15. The lowest BCUT2D eigenvalue weighted by Gasteiger charge is -2.07. The highest BCUT2D eigenvalue weighted by molar-refractivity contribution is 5.75. The minimum absolute atomic E-state index is 0.147. The van der Waals surface area contributed by atoms with Gasteiger partial charge in [0.1, 0.15) is 6.04 Å². The number of carboxylic acids is 1. The number of hydrogen-bond donors (Lipinski definition) is 2. The molecule has 1 rings (SSSR count). The second-order valence-corrected chi connectivity index (χ2v) is 2.78. The molecule has 76 valence electrons. The van der Waals surface area contributed by atoms with Gasteiger partial charge in [-0.2, -0.15) is 0 Å². The Bertz CT molecular complexity index is 324. The number of benzene rings is 1. The summed E-state index contributed by atoms with van der Waals surface area (Å²) < 4.78 is 24.2. The molecule has 1 aromatic rings. The fourth-order valence-electron chi connectivity index (χ4n) is 0.991. The zero-order chi connectivity index (χ0) is 10.7. The van der Waals surface area contributed by atoms with Crippen molar-refractivity contribution in [1.29, 1.82) is 0 Å². The van der Waals surface area contributed by atoms with Crippen LogP contribution in [-0.4, -0.2) is 11.1 Å². The molecular weight excluding hydrogens is 192 g/mol. The molecule has 0 fully saturated rings. The van der Waals surface area contributed by atoms with Gasteiger partial charge in [0.15, 0.2) is 0 Å². The van der Waals surface area contributed by atoms with Crippen LogP contribution in [0.4, 0.5) is 8.78 Å². The first-order valence-electron chi connectivity index (χ1n) is 3.88. The highest BCUT2D eigenvalue weighted by atomic mass is 19.3. The van der Waals surface area contributed by atoms with E-state index in [1.165, 1.54) is 24.3 Å². The first-order valence-corrected chi connectivity index (χ1v) is 3.88. The van der Waals surface area contributed by atoms with E-state index in [1.54, 1.807) is 0 Å². The average molecular weight is 201 g/mol. The summed E-state index contributed by atoms with van der Waals surface area (Å²) >= 11 is 0. The Labute approximate surface area is 79.2 Å². The molecule has 0 aliphatic heterocycles. The van der Waals surface area contributed by atoms with E-state index in [-0.39, 0.29) is 5.56 Å².